The largest absolute Gasteiger partial charge is 0.393 e. The fraction of sp³-hybridized carbons (Fsp3) is 0.571. The molecule has 20 heavy (non-hydrogen) atoms. The third-order valence-electron chi connectivity index (χ3n) is 3.37. The summed E-state index contributed by atoms with van der Waals surface area (Å²) in [5.74, 6) is 0.251. The second-order valence-corrected chi connectivity index (χ2v) is 6.95. The van der Waals surface area contributed by atoms with Crippen LogP contribution >= 0.6 is 0 Å². The van der Waals surface area contributed by atoms with Crippen LogP contribution in [0.5, 0.6) is 0 Å². The van der Waals surface area contributed by atoms with Crippen molar-refractivity contribution in [3.63, 3.8) is 0 Å². The molecule has 0 amide bonds. The molecular weight excluding hydrogens is 276 g/mol. The van der Waals surface area contributed by atoms with Gasteiger partial charge in [0.25, 0.3) is 0 Å². The molecule has 0 aliphatic heterocycles. The van der Waals surface area contributed by atoms with Crippen molar-refractivity contribution in [2.24, 2.45) is 11.1 Å². The lowest BCUT2D eigenvalue weighted by Gasteiger charge is -2.18. The van der Waals surface area contributed by atoms with Gasteiger partial charge in [0, 0.05) is 6.04 Å². The molecule has 5 nitrogen and oxygen atoms in total. The van der Waals surface area contributed by atoms with Crippen LogP contribution in [0.3, 0.4) is 0 Å². The van der Waals surface area contributed by atoms with E-state index in [1.807, 2.05) is 20.8 Å². The number of hydrogen-bond acceptors (Lipinski definition) is 4. The smallest absolute Gasteiger partial charge is 0.238 e. The second-order valence-electron chi connectivity index (χ2n) is 5.39. The van der Waals surface area contributed by atoms with Gasteiger partial charge in [0.2, 0.25) is 10.0 Å². The Kier molecular flexibility index (Phi) is 6.13. The third kappa shape index (κ3) is 5.20. The maximum Gasteiger partial charge on any atom is 0.238 e. The van der Waals surface area contributed by atoms with Crippen LogP contribution in [0.2, 0.25) is 0 Å². The number of rotatable bonds is 7. The number of nitrogens with one attached hydrogen (secondary N) is 1. The molecule has 0 saturated carbocycles. The van der Waals surface area contributed by atoms with Crippen LogP contribution in [0.4, 0.5) is 0 Å². The van der Waals surface area contributed by atoms with Crippen molar-refractivity contribution in [1.29, 1.82) is 0 Å². The molecule has 114 valence electrons. The maximum atomic E-state index is 11.2. The zero-order valence-electron chi connectivity index (χ0n) is 12.2. The van der Waals surface area contributed by atoms with Gasteiger partial charge in [-0.25, -0.2) is 13.6 Å². The summed E-state index contributed by atoms with van der Waals surface area (Å²) in [7, 11) is -3.64. The highest BCUT2D eigenvalue weighted by Crippen LogP contribution is 2.15. The SMILES string of the molecule is CC(NCCC(O)C(C)C)c1ccc(S(N)(=O)=O)cc1. The average molecular weight is 300 g/mol. The second kappa shape index (κ2) is 7.17. The number of hydrogen-bond donors (Lipinski definition) is 3. The van der Waals surface area contributed by atoms with E-state index in [-0.39, 0.29) is 23.0 Å². The number of aliphatic hydroxyl groups excluding tert-OH is 1. The molecule has 2 unspecified atom stereocenters. The van der Waals surface area contributed by atoms with E-state index in [1.54, 1.807) is 12.1 Å². The first kappa shape index (κ1) is 17.1. The maximum absolute atomic E-state index is 11.2. The van der Waals surface area contributed by atoms with Gasteiger partial charge >= 0.3 is 0 Å². The zero-order valence-corrected chi connectivity index (χ0v) is 13.0. The number of aliphatic hydroxyl groups is 1. The Labute approximate surface area is 121 Å². The summed E-state index contributed by atoms with van der Waals surface area (Å²) in [6.45, 7) is 6.67. The highest BCUT2D eigenvalue weighted by molar-refractivity contribution is 7.89. The van der Waals surface area contributed by atoms with Crippen molar-refractivity contribution in [2.75, 3.05) is 6.54 Å². The summed E-state index contributed by atoms with van der Waals surface area (Å²) in [6, 6.07) is 6.59. The van der Waals surface area contributed by atoms with Gasteiger partial charge in [0.1, 0.15) is 0 Å². The van der Waals surface area contributed by atoms with Gasteiger partial charge in [0.15, 0.2) is 0 Å². The van der Waals surface area contributed by atoms with E-state index >= 15 is 0 Å². The molecule has 2 atom stereocenters. The Balaban J connectivity index is 2.54. The minimum Gasteiger partial charge on any atom is -0.393 e. The normalized spacial score (nSPS) is 15.3. The number of sulfonamides is 1. The summed E-state index contributed by atoms with van der Waals surface area (Å²) in [6.07, 6.45) is 0.386. The molecule has 0 saturated heterocycles. The molecule has 4 N–H and O–H groups in total. The van der Waals surface area contributed by atoms with E-state index in [2.05, 4.69) is 5.32 Å². The molecule has 1 aromatic rings. The monoisotopic (exact) mass is 300 g/mol. The molecule has 1 rings (SSSR count). The zero-order chi connectivity index (χ0) is 15.3. The van der Waals surface area contributed by atoms with E-state index in [0.717, 1.165) is 5.56 Å². The van der Waals surface area contributed by atoms with Crippen molar-refractivity contribution in [3.8, 4) is 0 Å². The first-order valence-electron chi connectivity index (χ1n) is 6.76. The van der Waals surface area contributed by atoms with Crippen LogP contribution in [0.1, 0.15) is 38.8 Å². The lowest BCUT2D eigenvalue weighted by Crippen LogP contribution is -2.25. The third-order valence-corrected chi connectivity index (χ3v) is 4.30. The van der Waals surface area contributed by atoms with Gasteiger partial charge in [-0.1, -0.05) is 26.0 Å². The van der Waals surface area contributed by atoms with Crippen molar-refractivity contribution in [1.82, 2.24) is 5.32 Å². The molecule has 0 spiro atoms. The molecule has 0 heterocycles. The van der Waals surface area contributed by atoms with E-state index < -0.39 is 10.0 Å². The summed E-state index contributed by atoms with van der Waals surface area (Å²) < 4.78 is 22.3. The van der Waals surface area contributed by atoms with Crippen molar-refractivity contribution < 1.29 is 13.5 Å². The van der Waals surface area contributed by atoms with Gasteiger partial charge in [-0.15, -0.1) is 0 Å². The van der Waals surface area contributed by atoms with Gasteiger partial charge in [-0.3, -0.25) is 0 Å². The first-order valence-corrected chi connectivity index (χ1v) is 8.30. The number of benzene rings is 1. The predicted octanol–water partition coefficient (Wildman–Crippen LogP) is 1.39. The summed E-state index contributed by atoms with van der Waals surface area (Å²) in [4.78, 5) is 0.115. The van der Waals surface area contributed by atoms with Crippen LogP contribution in [0, 0.1) is 5.92 Å². The first-order chi connectivity index (χ1) is 9.21. The fourth-order valence-corrected chi connectivity index (χ4v) is 2.36. The van der Waals surface area contributed by atoms with Gasteiger partial charge < -0.3 is 10.4 Å². The molecule has 0 aliphatic carbocycles. The molecule has 0 aromatic heterocycles. The van der Waals surface area contributed by atoms with Crippen molar-refractivity contribution >= 4 is 10.0 Å². The minimum atomic E-state index is -3.64. The predicted molar refractivity (Wildman–Crippen MR) is 79.7 cm³/mol. The number of nitrogens with two attached hydrogens (primary N) is 1. The topological polar surface area (TPSA) is 92.4 Å². The van der Waals surface area contributed by atoms with E-state index in [9.17, 15) is 13.5 Å². The average Bonchev–Trinajstić information content (AvgIpc) is 2.37. The molecular formula is C14H24N2O3S. The molecule has 0 bridgehead atoms. The fourth-order valence-electron chi connectivity index (χ4n) is 1.85. The highest BCUT2D eigenvalue weighted by Gasteiger charge is 2.11. The summed E-state index contributed by atoms with van der Waals surface area (Å²) >= 11 is 0. The van der Waals surface area contributed by atoms with Crippen LogP contribution in [-0.2, 0) is 10.0 Å². The highest BCUT2D eigenvalue weighted by atomic mass is 32.2. The standard InChI is InChI=1S/C14H24N2O3S/c1-10(2)14(17)8-9-16-11(3)12-4-6-13(7-5-12)20(15,18)19/h4-7,10-11,14,16-17H,8-9H2,1-3H3,(H2,15,18,19). The lowest BCUT2D eigenvalue weighted by atomic mass is 10.0. The summed E-state index contributed by atoms with van der Waals surface area (Å²) in [5.41, 5.74) is 0.983. The summed E-state index contributed by atoms with van der Waals surface area (Å²) in [5, 5.41) is 18.1. The minimum absolute atomic E-state index is 0.0869. The van der Waals surface area contributed by atoms with Crippen molar-refractivity contribution in [2.45, 2.75) is 44.2 Å². The van der Waals surface area contributed by atoms with Gasteiger partial charge in [-0.05, 0) is 43.5 Å². The van der Waals surface area contributed by atoms with Crippen LogP contribution in [-0.4, -0.2) is 26.2 Å². The molecule has 1 aromatic carbocycles. The van der Waals surface area contributed by atoms with Crippen LogP contribution in [0.15, 0.2) is 29.2 Å². The van der Waals surface area contributed by atoms with Crippen LogP contribution < -0.4 is 10.5 Å². The Morgan fingerprint density at radius 2 is 1.75 bits per heavy atom. The van der Waals surface area contributed by atoms with E-state index in [1.165, 1.54) is 12.1 Å². The van der Waals surface area contributed by atoms with Gasteiger partial charge in [-0.2, -0.15) is 0 Å². The Bertz CT molecular complexity index is 512. The lowest BCUT2D eigenvalue weighted by molar-refractivity contribution is 0.115. The van der Waals surface area contributed by atoms with Crippen molar-refractivity contribution in [3.05, 3.63) is 29.8 Å². The Morgan fingerprint density at radius 3 is 2.20 bits per heavy atom. The van der Waals surface area contributed by atoms with Crippen LogP contribution in [0.25, 0.3) is 0 Å². The molecule has 0 radical (unpaired) electrons. The molecule has 6 heteroatoms. The van der Waals surface area contributed by atoms with E-state index in [4.69, 9.17) is 5.14 Å². The number of primary sulfonamides is 1. The van der Waals surface area contributed by atoms with E-state index in [0.29, 0.717) is 13.0 Å². The Hall–Kier alpha value is -0.950. The Morgan fingerprint density at radius 1 is 1.20 bits per heavy atom. The van der Waals surface area contributed by atoms with Gasteiger partial charge in [0.05, 0.1) is 11.0 Å². The molecule has 0 fully saturated rings. The molecule has 0 aliphatic rings. The quantitative estimate of drug-likeness (QED) is 0.709.